The van der Waals surface area contributed by atoms with Crippen molar-refractivity contribution in [3.8, 4) is 17.2 Å². The molecule has 3 aromatic rings. The largest absolute Gasteiger partial charge is 0.495 e. The van der Waals surface area contributed by atoms with Crippen LogP contribution in [0.15, 0.2) is 41.2 Å². The summed E-state index contributed by atoms with van der Waals surface area (Å²) in [5, 5.41) is 16.5. The highest BCUT2D eigenvalue weighted by atomic mass is 19.1. The fourth-order valence-corrected chi connectivity index (χ4v) is 3.06. The number of aromatic carboxylic acids is 1. The summed E-state index contributed by atoms with van der Waals surface area (Å²) in [7, 11) is 2.66. The minimum Gasteiger partial charge on any atom is -0.495 e. The van der Waals surface area contributed by atoms with Crippen molar-refractivity contribution < 1.29 is 28.6 Å². The molecule has 0 aliphatic carbocycles. The average Bonchev–Trinajstić information content (AvgIpc) is 3.17. The van der Waals surface area contributed by atoms with E-state index in [2.05, 4.69) is 10.4 Å². The number of anilines is 1. The maximum atomic E-state index is 14.4. The number of carbonyl (C=O) groups is 2. The molecule has 1 aromatic heterocycles. The number of rotatable bonds is 7. The van der Waals surface area contributed by atoms with E-state index in [1.165, 1.54) is 44.6 Å². The molecule has 1 N–H and O–H groups in total. The van der Waals surface area contributed by atoms with Crippen LogP contribution in [-0.4, -0.2) is 57.7 Å². The van der Waals surface area contributed by atoms with Gasteiger partial charge in [0.05, 0.1) is 25.5 Å². The second-order valence-corrected chi connectivity index (χ2v) is 6.50. The molecule has 0 saturated carbocycles. The second kappa shape index (κ2) is 9.29. The lowest BCUT2D eigenvalue weighted by Crippen LogP contribution is -2.41. The summed E-state index contributed by atoms with van der Waals surface area (Å²) in [6.07, 6.45) is 0.468. The number of carboxylic acids is 1. The maximum absolute atomic E-state index is 14.4. The standard InChI is InChI=1S/C20H20FN5O6/c1-4-10-24(14-11-12(18(27)28)8-9-15(14)31-2)19(29)26-20(30)25(22-23-26)17-13(21)6-5-7-16(17)32-3/h5-9,11H,4,10H2,1-3H3,(H,27,28). The molecule has 0 atom stereocenters. The summed E-state index contributed by atoms with van der Waals surface area (Å²) in [4.78, 5) is 38.7. The fraction of sp³-hybridized carbons (Fsp3) is 0.250. The van der Waals surface area contributed by atoms with E-state index in [1.54, 1.807) is 6.92 Å². The highest BCUT2D eigenvalue weighted by Gasteiger charge is 2.27. The van der Waals surface area contributed by atoms with Crippen LogP contribution in [0, 0.1) is 5.82 Å². The van der Waals surface area contributed by atoms with E-state index in [0.717, 1.165) is 11.0 Å². The third-order valence-electron chi connectivity index (χ3n) is 4.54. The molecule has 1 heterocycles. The number of hydrogen-bond acceptors (Lipinski definition) is 7. The molecule has 32 heavy (non-hydrogen) atoms. The normalized spacial score (nSPS) is 10.6. The van der Waals surface area contributed by atoms with Gasteiger partial charge in [0.25, 0.3) is 0 Å². The van der Waals surface area contributed by atoms with Crippen LogP contribution >= 0.6 is 0 Å². The van der Waals surface area contributed by atoms with Crippen LogP contribution in [0.2, 0.25) is 0 Å². The summed E-state index contributed by atoms with van der Waals surface area (Å²) in [5.74, 6) is -1.76. The van der Waals surface area contributed by atoms with Crippen molar-refractivity contribution >= 4 is 17.7 Å². The highest BCUT2D eigenvalue weighted by Crippen LogP contribution is 2.30. The Morgan fingerprint density at radius 1 is 1.12 bits per heavy atom. The number of carbonyl (C=O) groups excluding carboxylic acids is 1. The molecule has 0 fully saturated rings. The van der Waals surface area contributed by atoms with Gasteiger partial charge in [-0.2, -0.15) is 4.68 Å². The number of para-hydroxylation sites is 1. The minimum absolute atomic E-state index is 0.0211. The number of hydrogen-bond donors (Lipinski definition) is 1. The first-order chi connectivity index (χ1) is 15.3. The Bertz CT molecular complexity index is 1220. The number of halogens is 1. The monoisotopic (exact) mass is 445 g/mol. The molecule has 0 bridgehead atoms. The van der Waals surface area contributed by atoms with E-state index in [1.807, 2.05) is 0 Å². The molecule has 12 heteroatoms. The topological polar surface area (TPSA) is 129 Å². The van der Waals surface area contributed by atoms with Crippen LogP contribution in [-0.2, 0) is 0 Å². The number of amides is 1. The van der Waals surface area contributed by atoms with Gasteiger partial charge in [-0.3, -0.25) is 4.90 Å². The predicted octanol–water partition coefficient (Wildman–Crippen LogP) is 2.17. The van der Waals surface area contributed by atoms with Crippen molar-refractivity contribution in [2.24, 2.45) is 0 Å². The van der Waals surface area contributed by atoms with E-state index >= 15 is 0 Å². The van der Waals surface area contributed by atoms with Crippen LogP contribution < -0.4 is 20.1 Å². The van der Waals surface area contributed by atoms with Crippen LogP contribution in [0.1, 0.15) is 23.7 Å². The van der Waals surface area contributed by atoms with Crippen molar-refractivity contribution in [1.82, 2.24) is 19.8 Å². The Hall–Kier alpha value is -4.22. The second-order valence-electron chi connectivity index (χ2n) is 6.50. The molecule has 0 spiro atoms. The quantitative estimate of drug-likeness (QED) is 0.548. The lowest BCUT2D eigenvalue weighted by atomic mass is 10.1. The van der Waals surface area contributed by atoms with Crippen LogP contribution in [0.5, 0.6) is 11.5 Å². The van der Waals surface area contributed by atoms with Gasteiger partial charge in [-0.15, -0.1) is 4.68 Å². The number of methoxy groups -OCH3 is 2. The Labute approximate surface area is 181 Å². The molecule has 2 aromatic carbocycles. The third kappa shape index (κ3) is 4.02. The number of tetrazole rings is 1. The summed E-state index contributed by atoms with van der Waals surface area (Å²) in [6, 6.07) is 6.99. The van der Waals surface area contributed by atoms with E-state index in [-0.39, 0.29) is 35.0 Å². The van der Waals surface area contributed by atoms with Crippen molar-refractivity contribution in [3.63, 3.8) is 0 Å². The van der Waals surface area contributed by atoms with E-state index in [4.69, 9.17) is 9.47 Å². The van der Waals surface area contributed by atoms with Crippen molar-refractivity contribution in [2.45, 2.75) is 13.3 Å². The average molecular weight is 445 g/mol. The van der Waals surface area contributed by atoms with Gasteiger partial charge in [-0.05, 0) is 47.2 Å². The Balaban J connectivity index is 2.12. The predicted molar refractivity (Wildman–Crippen MR) is 111 cm³/mol. The molecular formula is C20H20FN5O6. The lowest BCUT2D eigenvalue weighted by molar-refractivity contribution is 0.0697. The molecule has 0 unspecified atom stereocenters. The van der Waals surface area contributed by atoms with Crippen molar-refractivity contribution in [2.75, 3.05) is 25.7 Å². The van der Waals surface area contributed by atoms with Gasteiger partial charge in [0.2, 0.25) is 0 Å². The first-order valence-electron chi connectivity index (χ1n) is 9.45. The highest BCUT2D eigenvalue weighted by molar-refractivity contribution is 5.97. The summed E-state index contributed by atoms with van der Waals surface area (Å²) < 4.78 is 25.8. The van der Waals surface area contributed by atoms with Gasteiger partial charge in [-0.1, -0.05) is 13.0 Å². The molecule has 0 aliphatic rings. The van der Waals surface area contributed by atoms with E-state index in [0.29, 0.717) is 15.8 Å². The zero-order valence-corrected chi connectivity index (χ0v) is 17.5. The lowest BCUT2D eigenvalue weighted by Gasteiger charge is -2.23. The van der Waals surface area contributed by atoms with Gasteiger partial charge in [0.1, 0.15) is 17.2 Å². The number of ether oxygens (including phenoxy) is 2. The van der Waals surface area contributed by atoms with Gasteiger partial charge < -0.3 is 14.6 Å². The number of benzene rings is 2. The molecule has 0 saturated heterocycles. The van der Waals surface area contributed by atoms with Crippen LogP contribution in [0.4, 0.5) is 14.9 Å². The van der Waals surface area contributed by atoms with Crippen LogP contribution in [0.3, 0.4) is 0 Å². The fourth-order valence-electron chi connectivity index (χ4n) is 3.06. The van der Waals surface area contributed by atoms with Crippen molar-refractivity contribution in [1.29, 1.82) is 0 Å². The molecule has 3 rings (SSSR count). The summed E-state index contributed by atoms with van der Waals surface area (Å²) in [6.45, 7) is 1.90. The Kier molecular flexibility index (Phi) is 6.52. The summed E-state index contributed by atoms with van der Waals surface area (Å²) in [5.41, 5.74) is -1.29. The molecule has 1 amide bonds. The van der Waals surface area contributed by atoms with Crippen LogP contribution in [0.25, 0.3) is 5.69 Å². The SMILES string of the molecule is CCCN(C(=O)n1nnn(-c2c(F)cccc2OC)c1=O)c1cc(C(=O)O)ccc1OC. The van der Waals surface area contributed by atoms with Gasteiger partial charge >= 0.3 is 17.7 Å². The number of carboxylic acid groups (broad SMARTS) is 1. The van der Waals surface area contributed by atoms with Crippen molar-refractivity contribution in [3.05, 3.63) is 58.3 Å². The van der Waals surface area contributed by atoms with Gasteiger partial charge in [-0.25, -0.2) is 18.8 Å². The molecule has 168 valence electrons. The zero-order chi connectivity index (χ0) is 23.4. The van der Waals surface area contributed by atoms with Gasteiger partial charge in [0.15, 0.2) is 5.82 Å². The summed E-state index contributed by atoms with van der Waals surface area (Å²) >= 11 is 0. The molecular weight excluding hydrogens is 425 g/mol. The Morgan fingerprint density at radius 2 is 1.84 bits per heavy atom. The zero-order valence-electron chi connectivity index (χ0n) is 17.5. The van der Waals surface area contributed by atoms with E-state index in [9.17, 15) is 23.9 Å². The Morgan fingerprint density at radius 3 is 2.47 bits per heavy atom. The smallest absolute Gasteiger partial charge is 0.377 e. The third-order valence-corrected chi connectivity index (χ3v) is 4.54. The molecule has 0 aliphatic heterocycles. The number of nitrogens with zero attached hydrogens (tertiary/aromatic N) is 5. The molecule has 0 radical (unpaired) electrons. The minimum atomic E-state index is -1.20. The maximum Gasteiger partial charge on any atom is 0.377 e. The first-order valence-corrected chi connectivity index (χ1v) is 9.45. The molecule has 11 nitrogen and oxygen atoms in total. The van der Waals surface area contributed by atoms with E-state index < -0.39 is 23.5 Å². The number of aromatic nitrogens is 4. The van der Waals surface area contributed by atoms with Gasteiger partial charge in [0, 0.05) is 6.54 Å². The first kappa shape index (κ1) is 22.5.